The Morgan fingerprint density at radius 1 is 1.37 bits per heavy atom. The lowest BCUT2D eigenvalue weighted by Gasteiger charge is -2.13. The van der Waals surface area contributed by atoms with E-state index in [0.29, 0.717) is 5.56 Å². The summed E-state index contributed by atoms with van der Waals surface area (Å²) in [5.74, 6) is 0.328. The van der Waals surface area contributed by atoms with E-state index >= 15 is 0 Å². The van der Waals surface area contributed by atoms with Gasteiger partial charge in [0.2, 0.25) is 0 Å². The Balaban J connectivity index is 2.89. The third-order valence-corrected chi connectivity index (χ3v) is 3.40. The van der Waals surface area contributed by atoms with Gasteiger partial charge < -0.3 is 9.30 Å². The molecule has 0 aliphatic rings. The maximum atomic E-state index is 12.3. The maximum Gasteiger partial charge on any atom is 0.255 e. The Morgan fingerprint density at radius 2 is 2.05 bits per heavy atom. The SMILES string of the molecule is COc1cc(C)c2c(c1)cc(C(C)C#N)c(=O)n2C. The van der Waals surface area contributed by atoms with Crippen molar-refractivity contribution >= 4 is 10.9 Å². The molecule has 4 heteroatoms. The zero-order valence-electron chi connectivity index (χ0n) is 11.5. The van der Waals surface area contributed by atoms with Crippen LogP contribution in [0, 0.1) is 18.3 Å². The smallest absolute Gasteiger partial charge is 0.255 e. The zero-order valence-corrected chi connectivity index (χ0v) is 11.5. The van der Waals surface area contributed by atoms with E-state index in [-0.39, 0.29) is 5.56 Å². The molecule has 1 unspecified atom stereocenters. The number of methoxy groups -OCH3 is 1. The molecule has 0 bridgehead atoms. The quantitative estimate of drug-likeness (QED) is 0.829. The minimum atomic E-state index is -0.422. The second-order valence-electron chi connectivity index (χ2n) is 4.70. The topological polar surface area (TPSA) is 55.0 Å². The first kappa shape index (κ1) is 13.2. The summed E-state index contributed by atoms with van der Waals surface area (Å²) in [6, 6.07) is 7.69. The van der Waals surface area contributed by atoms with Gasteiger partial charge in [0.05, 0.1) is 24.6 Å². The number of hydrogen-bond donors (Lipinski definition) is 0. The molecule has 2 rings (SSSR count). The van der Waals surface area contributed by atoms with Crippen LogP contribution in [0.15, 0.2) is 23.0 Å². The van der Waals surface area contributed by atoms with Crippen molar-refractivity contribution in [2.24, 2.45) is 7.05 Å². The number of ether oxygens (including phenoxy) is 1. The predicted octanol–water partition coefficient (Wildman–Crippen LogP) is 2.48. The van der Waals surface area contributed by atoms with Crippen LogP contribution in [0.25, 0.3) is 10.9 Å². The molecule has 0 aliphatic heterocycles. The third kappa shape index (κ3) is 2.08. The average Bonchev–Trinajstić information content (AvgIpc) is 2.41. The molecule has 0 aliphatic carbocycles. The Kier molecular flexibility index (Phi) is 3.30. The van der Waals surface area contributed by atoms with Crippen LogP contribution < -0.4 is 10.3 Å². The van der Waals surface area contributed by atoms with E-state index in [1.54, 1.807) is 31.7 Å². The van der Waals surface area contributed by atoms with Crippen molar-refractivity contribution in [3.63, 3.8) is 0 Å². The van der Waals surface area contributed by atoms with Gasteiger partial charge in [-0.2, -0.15) is 5.26 Å². The Hall–Kier alpha value is -2.28. The number of nitriles is 1. The molecule has 0 spiro atoms. The standard InChI is InChI=1S/C15H16N2O2/c1-9-5-12(19-4)6-11-7-13(10(2)8-16)15(18)17(3)14(9)11/h5-7,10H,1-4H3. The molecule has 0 amide bonds. The van der Waals surface area contributed by atoms with Gasteiger partial charge in [0.25, 0.3) is 5.56 Å². The van der Waals surface area contributed by atoms with Gasteiger partial charge in [0.15, 0.2) is 0 Å². The van der Waals surface area contributed by atoms with Crippen LogP contribution in [0.2, 0.25) is 0 Å². The minimum absolute atomic E-state index is 0.116. The highest BCUT2D eigenvalue weighted by Crippen LogP contribution is 2.25. The number of hydrogen-bond acceptors (Lipinski definition) is 3. The second-order valence-corrected chi connectivity index (χ2v) is 4.70. The molecular formula is C15H16N2O2. The number of rotatable bonds is 2. The van der Waals surface area contributed by atoms with E-state index in [1.165, 1.54) is 0 Å². The number of pyridine rings is 1. The summed E-state index contributed by atoms with van der Waals surface area (Å²) in [5, 5.41) is 9.92. The zero-order chi connectivity index (χ0) is 14.2. The molecule has 0 N–H and O–H groups in total. The Labute approximate surface area is 111 Å². The van der Waals surface area contributed by atoms with Gasteiger partial charge in [-0.05, 0) is 37.6 Å². The molecule has 98 valence electrons. The van der Waals surface area contributed by atoms with Crippen LogP contribution in [-0.2, 0) is 7.05 Å². The van der Waals surface area contributed by atoms with Crippen LogP contribution in [0.3, 0.4) is 0 Å². The van der Waals surface area contributed by atoms with E-state index in [0.717, 1.165) is 22.2 Å². The first-order chi connectivity index (χ1) is 8.99. The fourth-order valence-electron chi connectivity index (χ4n) is 2.36. The summed E-state index contributed by atoms with van der Waals surface area (Å²) in [6.07, 6.45) is 0. The van der Waals surface area contributed by atoms with Crippen molar-refractivity contribution in [3.05, 3.63) is 39.7 Å². The molecule has 2 aromatic rings. The van der Waals surface area contributed by atoms with E-state index in [2.05, 4.69) is 6.07 Å². The van der Waals surface area contributed by atoms with Gasteiger partial charge in [0, 0.05) is 18.0 Å². The molecule has 4 nitrogen and oxygen atoms in total. The Morgan fingerprint density at radius 3 is 2.63 bits per heavy atom. The molecule has 1 aromatic heterocycles. The van der Waals surface area contributed by atoms with Gasteiger partial charge in [-0.15, -0.1) is 0 Å². The highest BCUT2D eigenvalue weighted by molar-refractivity contribution is 5.84. The number of aryl methyl sites for hydroxylation is 2. The van der Waals surface area contributed by atoms with Crippen LogP contribution in [0.4, 0.5) is 0 Å². The first-order valence-corrected chi connectivity index (χ1v) is 6.07. The van der Waals surface area contributed by atoms with Crippen LogP contribution >= 0.6 is 0 Å². The van der Waals surface area contributed by atoms with Crippen molar-refractivity contribution in [2.75, 3.05) is 7.11 Å². The largest absolute Gasteiger partial charge is 0.497 e. The van der Waals surface area contributed by atoms with Crippen LogP contribution in [0.1, 0.15) is 24.0 Å². The number of fused-ring (bicyclic) bond motifs is 1. The molecule has 0 radical (unpaired) electrons. The second kappa shape index (κ2) is 4.77. The molecule has 0 saturated heterocycles. The molecule has 19 heavy (non-hydrogen) atoms. The average molecular weight is 256 g/mol. The lowest BCUT2D eigenvalue weighted by Crippen LogP contribution is -2.22. The van der Waals surface area contributed by atoms with Crippen molar-refractivity contribution in [2.45, 2.75) is 19.8 Å². The van der Waals surface area contributed by atoms with Crippen molar-refractivity contribution in [3.8, 4) is 11.8 Å². The number of benzene rings is 1. The van der Waals surface area contributed by atoms with E-state index in [9.17, 15) is 4.79 Å². The van der Waals surface area contributed by atoms with Crippen molar-refractivity contribution < 1.29 is 4.74 Å². The molecule has 0 fully saturated rings. The summed E-state index contributed by atoms with van der Waals surface area (Å²) in [6.45, 7) is 3.67. The Bertz CT molecular complexity index is 738. The van der Waals surface area contributed by atoms with E-state index in [1.807, 2.05) is 19.1 Å². The van der Waals surface area contributed by atoms with Gasteiger partial charge in [-0.1, -0.05) is 0 Å². The highest BCUT2D eigenvalue weighted by Gasteiger charge is 2.14. The van der Waals surface area contributed by atoms with Gasteiger partial charge in [-0.25, -0.2) is 0 Å². The highest BCUT2D eigenvalue weighted by atomic mass is 16.5. The normalized spacial score (nSPS) is 12.2. The van der Waals surface area contributed by atoms with Gasteiger partial charge >= 0.3 is 0 Å². The van der Waals surface area contributed by atoms with E-state index in [4.69, 9.17) is 10.00 Å². The molecule has 1 heterocycles. The summed E-state index contributed by atoms with van der Waals surface area (Å²) in [7, 11) is 3.35. The summed E-state index contributed by atoms with van der Waals surface area (Å²) < 4.78 is 6.85. The van der Waals surface area contributed by atoms with Gasteiger partial charge in [-0.3, -0.25) is 4.79 Å². The molecule has 1 aromatic carbocycles. The van der Waals surface area contributed by atoms with E-state index < -0.39 is 5.92 Å². The maximum absolute atomic E-state index is 12.3. The van der Waals surface area contributed by atoms with Gasteiger partial charge in [0.1, 0.15) is 5.75 Å². The molecule has 0 saturated carbocycles. The lowest BCUT2D eigenvalue weighted by atomic mass is 10.0. The summed E-state index contributed by atoms with van der Waals surface area (Å²) in [5.41, 5.74) is 2.25. The first-order valence-electron chi connectivity index (χ1n) is 6.07. The third-order valence-electron chi connectivity index (χ3n) is 3.40. The summed E-state index contributed by atoms with van der Waals surface area (Å²) in [4.78, 5) is 12.3. The van der Waals surface area contributed by atoms with Crippen LogP contribution in [-0.4, -0.2) is 11.7 Å². The van der Waals surface area contributed by atoms with Crippen molar-refractivity contribution in [1.82, 2.24) is 4.57 Å². The van der Waals surface area contributed by atoms with Crippen molar-refractivity contribution in [1.29, 1.82) is 5.26 Å². The van der Waals surface area contributed by atoms with Crippen LogP contribution in [0.5, 0.6) is 5.75 Å². The summed E-state index contributed by atoms with van der Waals surface area (Å²) >= 11 is 0. The predicted molar refractivity (Wildman–Crippen MR) is 74.5 cm³/mol. The number of aromatic nitrogens is 1. The minimum Gasteiger partial charge on any atom is -0.497 e. The lowest BCUT2D eigenvalue weighted by molar-refractivity contribution is 0.415. The molecule has 1 atom stereocenters. The monoisotopic (exact) mass is 256 g/mol. The fraction of sp³-hybridized carbons (Fsp3) is 0.333. The number of nitrogens with zero attached hydrogens (tertiary/aromatic N) is 2. The molecular weight excluding hydrogens is 240 g/mol. The fourth-order valence-corrected chi connectivity index (χ4v) is 2.36.